The molecule has 0 rings (SSSR count). The number of carboxylic acid groups (broad SMARTS) is 1. The van der Waals surface area contributed by atoms with E-state index >= 15 is 0 Å². The van der Waals surface area contributed by atoms with Crippen molar-refractivity contribution in [1.29, 1.82) is 0 Å². The summed E-state index contributed by atoms with van der Waals surface area (Å²) < 4.78 is 0. The van der Waals surface area contributed by atoms with Crippen molar-refractivity contribution in [3.63, 3.8) is 0 Å². The van der Waals surface area contributed by atoms with Gasteiger partial charge in [-0.2, -0.15) is 0 Å². The average molecular weight is 556 g/mol. The number of hydrogen-bond donors (Lipinski definition) is 2. The summed E-state index contributed by atoms with van der Waals surface area (Å²) in [5, 5.41) is 9.66. The third kappa shape index (κ3) is 10.8. The summed E-state index contributed by atoms with van der Waals surface area (Å²) in [6.07, 6.45) is 0. The summed E-state index contributed by atoms with van der Waals surface area (Å²) in [4.78, 5) is 20.4. The molecular weight excluding hydrogens is 548 g/mol. The van der Waals surface area contributed by atoms with E-state index in [0.29, 0.717) is 0 Å². The monoisotopic (exact) mass is 556 g/mol. The number of amides is 1. The SMILES string of the molecule is CC([S-])C(=O)NCC(=O)O.[Au].[Au]. The van der Waals surface area contributed by atoms with E-state index in [1.54, 1.807) is 0 Å². The van der Waals surface area contributed by atoms with Crippen LogP contribution < -0.4 is 5.32 Å². The molecule has 80 valence electrons. The van der Waals surface area contributed by atoms with Gasteiger partial charge < -0.3 is 23.1 Å². The summed E-state index contributed by atoms with van der Waals surface area (Å²) in [6.45, 7) is 1.16. The molecule has 0 bridgehead atoms. The maximum Gasteiger partial charge on any atom is 0.322 e. The van der Waals surface area contributed by atoms with E-state index in [-0.39, 0.29) is 51.3 Å². The first-order chi connectivity index (χ1) is 4.54. The van der Waals surface area contributed by atoms with Gasteiger partial charge in [-0.3, -0.25) is 9.59 Å². The summed E-state index contributed by atoms with van der Waals surface area (Å²) >= 11 is 4.55. The molecule has 2 radical (unpaired) electrons. The summed E-state index contributed by atoms with van der Waals surface area (Å²) in [7, 11) is 0. The quantitative estimate of drug-likeness (QED) is 0.351. The minimum Gasteiger partial charge on any atom is -0.780 e. The maximum absolute atomic E-state index is 10.6. The van der Waals surface area contributed by atoms with Crippen LogP contribution in [0, 0.1) is 0 Å². The van der Waals surface area contributed by atoms with Gasteiger partial charge in [0.1, 0.15) is 6.54 Å². The molecule has 0 saturated heterocycles. The Bertz CT molecular complexity index is 154. The second kappa shape index (κ2) is 9.86. The van der Waals surface area contributed by atoms with Crippen molar-refractivity contribution in [1.82, 2.24) is 5.32 Å². The molecule has 4 nitrogen and oxygen atoms in total. The molecule has 0 fully saturated rings. The molecule has 0 aromatic rings. The maximum atomic E-state index is 10.6. The van der Waals surface area contributed by atoms with Crippen LogP contribution >= 0.6 is 0 Å². The van der Waals surface area contributed by atoms with E-state index in [4.69, 9.17) is 5.11 Å². The van der Waals surface area contributed by atoms with E-state index in [0.717, 1.165) is 0 Å². The van der Waals surface area contributed by atoms with Crippen LogP contribution in [0.4, 0.5) is 0 Å². The van der Waals surface area contributed by atoms with Crippen LogP contribution in [-0.2, 0) is 67.0 Å². The van der Waals surface area contributed by atoms with Crippen molar-refractivity contribution >= 4 is 24.5 Å². The van der Waals surface area contributed by atoms with Crippen molar-refractivity contribution in [3.8, 4) is 0 Å². The molecule has 0 aliphatic rings. The fourth-order valence-corrected chi connectivity index (χ4v) is 0.390. The first-order valence-electron chi connectivity index (χ1n) is 2.69. The zero-order chi connectivity index (χ0) is 8.15. The summed E-state index contributed by atoms with van der Waals surface area (Å²) in [6, 6.07) is 0. The molecular formula is C5H8Au2NO3S-. The molecule has 12 heavy (non-hydrogen) atoms. The van der Waals surface area contributed by atoms with Crippen molar-refractivity contribution in [2.24, 2.45) is 0 Å². The van der Waals surface area contributed by atoms with Gasteiger partial charge in [-0.1, -0.05) is 12.2 Å². The zero-order valence-electron chi connectivity index (χ0n) is 6.06. The van der Waals surface area contributed by atoms with Crippen LogP contribution in [0.3, 0.4) is 0 Å². The van der Waals surface area contributed by atoms with Gasteiger partial charge in [0.05, 0.1) is 0 Å². The summed E-state index contributed by atoms with van der Waals surface area (Å²) in [5.41, 5.74) is 0. The van der Waals surface area contributed by atoms with Crippen molar-refractivity contribution < 1.29 is 59.5 Å². The van der Waals surface area contributed by atoms with E-state index < -0.39 is 17.1 Å². The smallest absolute Gasteiger partial charge is 0.322 e. The second-order valence-corrected chi connectivity index (χ2v) is 2.46. The fourth-order valence-electron chi connectivity index (χ4n) is 0.306. The molecule has 0 aliphatic heterocycles. The first kappa shape index (κ1) is 18.5. The average Bonchev–Trinajstić information content (AvgIpc) is 1.82. The van der Waals surface area contributed by atoms with Gasteiger partial charge in [0.25, 0.3) is 0 Å². The number of carboxylic acids is 1. The molecule has 2 N–H and O–H groups in total. The van der Waals surface area contributed by atoms with Crippen molar-refractivity contribution in [2.45, 2.75) is 12.2 Å². The molecule has 0 aromatic carbocycles. The number of carbonyl (C=O) groups excluding carboxylic acids is 1. The molecule has 1 unspecified atom stereocenters. The number of nitrogens with one attached hydrogen (secondary N) is 1. The summed E-state index contributed by atoms with van der Waals surface area (Å²) in [5.74, 6) is -1.48. The topological polar surface area (TPSA) is 66.4 Å². The van der Waals surface area contributed by atoms with Gasteiger partial charge in [-0.15, -0.1) is 0 Å². The van der Waals surface area contributed by atoms with Crippen molar-refractivity contribution in [3.05, 3.63) is 0 Å². The van der Waals surface area contributed by atoms with Crippen LogP contribution in [-0.4, -0.2) is 28.8 Å². The second-order valence-electron chi connectivity index (χ2n) is 1.75. The standard InChI is InChI=1S/C5H9NO3S.2Au/c1-3(10)5(9)6-2-4(7)8;;/h3,10H,2H2,1H3,(H,6,9)(H,7,8);;/p-1. The largest absolute Gasteiger partial charge is 0.780 e. The Balaban J connectivity index is -0.000000405. The van der Waals surface area contributed by atoms with E-state index in [2.05, 4.69) is 17.9 Å². The van der Waals surface area contributed by atoms with Gasteiger partial charge in [-0.05, 0) is 0 Å². The van der Waals surface area contributed by atoms with Crippen LogP contribution in [0.2, 0.25) is 0 Å². The molecule has 1 amide bonds. The number of hydrogen-bond acceptors (Lipinski definition) is 3. The van der Waals surface area contributed by atoms with E-state index in [1.807, 2.05) is 0 Å². The van der Waals surface area contributed by atoms with Crippen LogP contribution in [0.15, 0.2) is 0 Å². The van der Waals surface area contributed by atoms with Gasteiger partial charge in [0, 0.05) is 44.8 Å². The Hall–Kier alpha value is 0.771. The third-order valence-electron chi connectivity index (χ3n) is 0.783. The third-order valence-corrected chi connectivity index (χ3v) is 0.997. The minimum absolute atomic E-state index is 0. The Morgan fingerprint density at radius 2 is 1.92 bits per heavy atom. The molecule has 0 saturated carbocycles. The molecule has 0 aliphatic carbocycles. The Morgan fingerprint density at radius 3 is 2.17 bits per heavy atom. The number of aliphatic carboxylic acids is 1. The van der Waals surface area contributed by atoms with E-state index in [1.165, 1.54) is 6.92 Å². The molecule has 7 heteroatoms. The van der Waals surface area contributed by atoms with Crippen LogP contribution in [0.1, 0.15) is 6.92 Å². The minimum atomic E-state index is -1.07. The Labute approximate surface area is 107 Å². The molecule has 1 atom stereocenters. The Kier molecular flexibility index (Phi) is 15.2. The number of rotatable bonds is 3. The predicted octanol–water partition coefficient (Wildman–Crippen LogP) is -0.882. The number of carbonyl (C=O) groups is 2. The Morgan fingerprint density at radius 1 is 1.50 bits per heavy atom. The van der Waals surface area contributed by atoms with Crippen molar-refractivity contribution in [2.75, 3.05) is 6.54 Å². The van der Waals surface area contributed by atoms with Gasteiger partial charge in [-0.25, -0.2) is 0 Å². The van der Waals surface area contributed by atoms with Crippen LogP contribution in [0.25, 0.3) is 0 Å². The first-order valence-corrected chi connectivity index (χ1v) is 3.16. The van der Waals surface area contributed by atoms with Gasteiger partial charge in [0.15, 0.2) is 5.91 Å². The molecule has 0 aromatic heterocycles. The van der Waals surface area contributed by atoms with Gasteiger partial charge in [0.2, 0.25) is 0 Å². The predicted molar refractivity (Wildman–Crippen MR) is 37.5 cm³/mol. The van der Waals surface area contributed by atoms with E-state index in [9.17, 15) is 9.59 Å². The van der Waals surface area contributed by atoms with Crippen LogP contribution in [0.5, 0.6) is 0 Å². The fraction of sp³-hybridized carbons (Fsp3) is 0.600. The normalized spacial score (nSPS) is 10.2. The molecule has 0 spiro atoms. The zero-order valence-corrected chi connectivity index (χ0v) is 11.2. The van der Waals surface area contributed by atoms with Gasteiger partial charge >= 0.3 is 5.97 Å². The molecule has 0 heterocycles.